The van der Waals surface area contributed by atoms with E-state index in [-0.39, 0.29) is 0 Å². The molecule has 1 aliphatic rings. The van der Waals surface area contributed by atoms with E-state index in [0.29, 0.717) is 10.1 Å². The molecule has 82 valence electrons. The van der Waals surface area contributed by atoms with Gasteiger partial charge in [0.1, 0.15) is 4.88 Å². The van der Waals surface area contributed by atoms with Gasteiger partial charge in [0.15, 0.2) is 0 Å². The third-order valence-corrected chi connectivity index (χ3v) is 5.02. The van der Waals surface area contributed by atoms with Crippen LogP contribution in [-0.4, -0.2) is 16.3 Å². The maximum absolute atomic E-state index is 10.7. The fraction of sp³-hybridized carbons (Fsp3) is 0.545. The SMILES string of the molecule is O=C(O)c1cc(SC2CCCCC2)cs1. The molecule has 1 heterocycles. The van der Waals surface area contributed by atoms with E-state index in [1.807, 2.05) is 17.1 Å². The van der Waals surface area contributed by atoms with Crippen LogP contribution in [0.25, 0.3) is 0 Å². The van der Waals surface area contributed by atoms with Crippen LogP contribution in [-0.2, 0) is 0 Å². The van der Waals surface area contributed by atoms with Crippen molar-refractivity contribution < 1.29 is 9.90 Å². The van der Waals surface area contributed by atoms with Gasteiger partial charge in [0.25, 0.3) is 0 Å². The van der Waals surface area contributed by atoms with Gasteiger partial charge in [0, 0.05) is 15.5 Å². The largest absolute Gasteiger partial charge is 0.477 e. The van der Waals surface area contributed by atoms with Crippen LogP contribution in [0.3, 0.4) is 0 Å². The highest BCUT2D eigenvalue weighted by atomic mass is 32.2. The van der Waals surface area contributed by atoms with E-state index >= 15 is 0 Å². The summed E-state index contributed by atoms with van der Waals surface area (Å²) in [5.74, 6) is -0.810. The lowest BCUT2D eigenvalue weighted by Gasteiger charge is -2.20. The van der Waals surface area contributed by atoms with E-state index in [1.54, 1.807) is 6.07 Å². The highest BCUT2D eigenvalue weighted by Gasteiger charge is 2.16. The maximum atomic E-state index is 10.7. The zero-order chi connectivity index (χ0) is 10.7. The van der Waals surface area contributed by atoms with Gasteiger partial charge in [0.2, 0.25) is 0 Å². The molecule has 1 saturated carbocycles. The monoisotopic (exact) mass is 242 g/mol. The standard InChI is InChI=1S/C11H14O2S2/c12-11(13)10-6-9(7-14-10)15-8-4-2-1-3-5-8/h6-8H,1-5H2,(H,12,13). The minimum atomic E-state index is -0.810. The summed E-state index contributed by atoms with van der Waals surface area (Å²) in [6, 6.07) is 1.80. The van der Waals surface area contributed by atoms with Gasteiger partial charge in [-0.1, -0.05) is 19.3 Å². The smallest absolute Gasteiger partial charge is 0.345 e. The first kappa shape index (κ1) is 11.0. The van der Waals surface area contributed by atoms with Gasteiger partial charge in [-0.25, -0.2) is 4.79 Å². The van der Waals surface area contributed by atoms with Gasteiger partial charge >= 0.3 is 5.97 Å². The number of hydrogen-bond acceptors (Lipinski definition) is 3. The van der Waals surface area contributed by atoms with Crippen LogP contribution in [0.1, 0.15) is 41.8 Å². The van der Waals surface area contributed by atoms with Crippen molar-refractivity contribution in [3.63, 3.8) is 0 Å². The van der Waals surface area contributed by atoms with Crippen molar-refractivity contribution in [3.8, 4) is 0 Å². The average molecular weight is 242 g/mol. The second kappa shape index (κ2) is 5.03. The first-order valence-electron chi connectivity index (χ1n) is 5.24. The summed E-state index contributed by atoms with van der Waals surface area (Å²) in [6.45, 7) is 0. The first-order chi connectivity index (χ1) is 7.25. The van der Waals surface area contributed by atoms with E-state index < -0.39 is 5.97 Å². The molecule has 0 amide bonds. The van der Waals surface area contributed by atoms with Crippen LogP contribution in [0, 0.1) is 0 Å². The second-order valence-corrected chi connectivity index (χ2v) is 6.11. The third kappa shape index (κ3) is 2.98. The Morgan fingerprint density at radius 1 is 1.40 bits per heavy atom. The molecule has 2 rings (SSSR count). The first-order valence-corrected chi connectivity index (χ1v) is 7.00. The van der Waals surface area contributed by atoms with Gasteiger partial charge in [-0.15, -0.1) is 23.1 Å². The number of thiophene rings is 1. The Morgan fingerprint density at radius 2 is 2.13 bits per heavy atom. The highest BCUT2D eigenvalue weighted by Crippen LogP contribution is 2.35. The molecule has 0 atom stereocenters. The molecule has 1 aliphatic carbocycles. The van der Waals surface area contributed by atoms with E-state index in [0.717, 1.165) is 4.90 Å². The summed E-state index contributed by atoms with van der Waals surface area (Å²) in [4.78, 5) is 12.3. The van der Waals surface area contributed by atoms with E-state index in [2.05, 4.69) is 0 Å². The summed E-state index contributed by atoms with van der Waals surface area (Å²) in [5.41, 5.74) is 0. The Kier molecular flexibility index (Phi) is 3.70. The lowest BCUT2D eigenvalue weighted by atomic mass is 10.0. The lowest BCUT2D eigenvalue weighted by molar-refractivity contribution is 0.0702. The predicted molar refractivity (Wildman–Crippen MR) is 64.0 cm³/mol. The van der Waals surface area contributed by atoms with Crippen molar-refractivity contribution in [1.29, 1.82) is 0 Å². The molecule has 15 heavy (non-hydrogen) atoms. The molecule has 0 unspecified atom stereocenters. The molecule has 0 aromatic carbocycles. The van der Waals surface area contributed by atoms with E-state index in [9.17, 15) is 4.79 Å². The Bertz CT molecular complexity index is 340. The highest BCUT2D eigenvalue weighted by molar-refractivity contribution is 8.00. The van der Waals surface area contributed by atoms with Gasteiger partial charge in [0.05, 0.1) is 0 Å². The molecule has 0 spiro atoms. The van der Waals surface area contributed by atoms with Gasteiger partial charge in [-0.2, -0.15) is 0 Å². The fourth-order valence-electron chi connectivity index (χ4n) is 1.87. The number of thioether (sulfide) groups is 1. The van der Waals surface area contributed by atoms with Crippen molar-refractivity contribution in [2.75, 3.05) is 0 Å². The van der Waals surface area contributed by atoms with Crippen LogP contribution >= 0.6 is 23.1 Å². The zero-order valence-corrected chi connectivity index (χ0v) is 10.1. The minimum absolute atomic E-state index is 0.452. The van der Waals surface area contributed by atoms with Crippen molar-refractivity contribution in [3.05, 3.63) is 16.3 Å². The molecule has 1 N–H and O–H groups in total. The molecular weight excluding hydrogens is 228 g/mol. The quantitative estimate of drug-likeness (QED) is 0.874. The number of rotatable bonds is 3. The van der Waals surface area contributed by atoms with Crippen LogP contribution < -0.4 is 0 Å². The van der Waals surface area contributed by atoms with Gasteiger partial charge < -0.3 is 5.11 Å². The molecule has 2 nitrogen and oxygen atoms in total. The molecular formula is C11H14O2S2. The average Bonchev–Trinajstić information content (AvgIpc) is 2.68. The number of hydrogen-bond donors (Lipinski definition) is 1. The lowest BCUT2D eigenvalue weighted by Crippen LogP contribution is -2.07. The molecule has 0 saturated heterocycles. The second-order valence-electron chi connectivity index (χ2n) is 3.83. The Labute approximate surface area is 97.7 Å². The summed E-state index contributed by atoms with van der Waals surface area (Å²) in [6.07, 6.45) is 6.58. The topological polar surface area (TPSA) is 37.3 Å². The van der Waals surface area contributed by atoms with Crippen molar-refractivity contribution in [2.45, 2.75) is 42.2 Å². The number of carbonyl (C=O) groups is 1. The molecule has 0 radical (unpaired) electrons. The van der Waals surface area contributed by atoms with E-state index in [1.165, 1.54) is 43.4 Å². The Balaban J connectivity index is 1.94. The Morgan fingerprint density at radius 3 is 2.73 bits per heavy atom. The summed E-state index contributed by atoms with van der Waals surface area (Å²) in [7, 11) is 0. The molecule has 4 heteroatoms. The van der Waals surface area contributed by atoms with Gasteiger partial charge in [-0.3, -0.25) is 0 Å². The summed E-state index contributed by atoms with van der Waals surface area (Å²) in [5, 5.41) is 11.5. The normalized spacial score (nSPS) is 17.9. The van der Waals surface area contributed by atoms with Crippen molar-refractivity contribution in [2.24, 2.45) is 0 Å². The van der Waals surface area contributed by atoms with Crippen LogP contribution in [0.5, 0.6) is 0 Å². The third-order valence-electron chi connectivity index (χ3n) is 2.64. The zero-order valence-electron chi connectivity index (χ0n) is 8.44. The number of aromatic carboxylic acids is 1. The molecule has 0 aliphatic heterocycles. The molecule has 1 aromatic rings. The molecule has 1 aromatic heterocycles. The van der Waals surface area contributed by atoms with Crippen molar-refractivity contribution >= 4 is 29.1 Å². The Hall–Kier alpha value is -0.480. The van der Waals surface area contributed by atoms with Gasteiger partial charge in [-0.05, 0) is 18.9 Å². The minimum Gasteiger partial charge on any atom is -0.477 e. The summed E-state index contributed by atoms with van der Waals surface area (Å²) >= 11 is 3.18. The molecule has 0 bridgehead atoms. The van der Waals surface area contributed by atoms with Crippen LogP contribution in [0.15, 0.2) is 16.3 Å². The number of carboxylic acids is 1. The van der Waals surface area contributed by atoms with Crippen LogP contribution in [0.4, 0.5) is 0 Å². The van der Waals surface area contributed by atoms with Crippen molar-refractivity contribution in [1.82, 2.24) is 0 Å². The van der Waals surface area contributed by atoms with Crippen LogP contribution in [0.2, 0.25) is 0 Å². The van der Waals surface area contributed by atoms with E-state index in [4.69, 9.17) is 5.11 Å². The predicted octanol–water partition coefficient (Wildman–Crippen LogP) is 3.87. The summed E-state index contributed by atoms with van der Waals surface area (Å²) < 4.78 is 0. The maximum Gasteiger partial charge on any atom is 0.345 e. The fourth-order valence-corrected chi connectivity index (χ4v) is 4.06. The molecule has 1 fully saturated rings. The number of carboxylic acid groups (broad SMARTS) is 1.